The Morgan fingerprint density at radius 2 is 1.25 bits per heavy atom. The van der Waals surface area contributed by atoms with Gasteiger partial charge in [0, 0.05) is 0 Å². The first-order chi connectivity index (χ1) is 2.00. The normalized spacial score (nSPS) is 1.75. The van der Waals surface area contributed by atoms with E-state index in [-0.39, 0.29) is 0 Å². The zero-order chi connectivity index (χ0) is 4.00. The minimum absolute atomic E-state index is 0.700. The Hall–Kier alpha value is 0.873. The van der Waals surface area contributed by atoms with Crippen molar-refractivity contribution in [2.24, 2.45) is 0 Å². The van der Waals surface area contributed by atoms with Crippen LogP contribution in [0, 0.1) is 0 Å². The predicted octanol–water partition coefficient (Wildman–Crippen LogP) is -0.243. The Kier molecular flexibility index (Phi) is 92.9. The third kappa shape index (κ3) is 13.2. The van der Waals surface area contributed by atoms with E-state index >= 15 is 0 Å². The first kappa shape index (κ1) is 8.86. The van der Waals surface area contributed by atoms with E-state index in [1.54, 1.807) is 0 Å². The monoisotopic (exact) mass is 181 g/mol. The van der Waals surface area contributed by atoms with Crippen molar-refractivity contribution in [3.8, 4) is 0 Å². The van der Waals surface area contributed by atoms with Crippen molar-refractivity contribution in [3.05, 3.63) is 0 Å². The third-order valence-corrected chi connectivity index (χ3v) is 0. The van der Waals surface area contributed by atoms with E-state index in [0.29, 0.717) is 19.8 Å². The first-order valence-corrected chi connectivity index (χ1v) is 1.74. The van der Waals surface area contributed by atoms with E-state index in [0.717, 1.165) is 17.4 Å². The van der Waals surface area contributed by atoms with Gasteiger partial charge >= 0.3 is 44.2 Å². The van der Waals surface area contributed by atoms with Gasteiger partial charge in [0.2, 0.25) is 0 Å². The van der Waals surface area contributed by atoms with Gasteiger partial charge in [0.05, 0.1) is 0 Å². The van der Waals surface area contributed by atoms with Crippen LogP contribution in [0.4, 0.5) is 0 Å². The molecule has 0 aliphatic heterocycles. The van der Waals surface area contributed by atoms with Gasteiger partial charge in [-0.3, -0.25) is 0 Å². The number of hydrogen-bond acceptors (Lipinski definition) is 2. The summed E-state index contributed by atoms with van der Waals surface area (Å²) in [6, 6.07) is 0. The Bertz CT molecular complexity index is 8.00. The first-order valence-electron chi connectivity index (χ1n) is 0.349. The molecule has 0 spiro atoms. The van der Waals surface area contributed by atoms with E-state index in [9.17, 15) is 0 Å². The molecule has 0 heterocycles. The van der Waals surface area contributed by atoms with Crippen LogP contribution in [0.2, 0.25) is 0 Å². The Morgan fingerprint density at radius 3 is 1.25 bits per heavy atom. The molecule has 0 rings (SSSR count). The molecule has 23 valence electrons. The van der Waals surface area contributed by atoms with Crippen LogP contribution < -0.4 is 0 Å². The predicted molar refractivity (Wildman–Crippen MR) is 1.37 cm³/mol. The van der Waals surface area contributed by atoms with Crippen molar-refractivity contribution in [1.82, 2.24) is 0 Å². The average molecular weight is 179 g/mol. The summed E-state index contributed by atoms with van der Waals surface area (Å²) in [5, 5.41) is 0. The molecule has 0 aromatic carbocycles. The molecule has 2 nitrogen and oxygen atoms in total. The van der Waals surface area contributed by atoms with Crippen LogP contribution in [0.15, 0.2) is 0 Å². The van der Waals surface area contributed by atoms with Crippen LogP contribution in [0.1, 0.15) is 0 Å². The summed E-state index contributed by atoms with van der Waals surface area (Å²) in [6.07, 6.45) is 0. The number of rotatable bonds is 0. The minimum atomic E-state index is 0.700. The average Bonchev–Trinajstić information content (AvgIpc) is 1.50. The molecule has 0 atom stereocenters. The van der Waals surface area contributed by atoms with E-state index in [1.807, 2.05) is 0 Å². The summed E-state index contributed by atoms with van der Waals surface area (Å²) in [6.45, 7) is 0. The molecule has 4 heavy (non-hydrogen) atoms. The van der Waals surface area contributed by atoms with Crippen molar-refractivity contribution in [2.45, 2.75) is 0 Å². The van der Waals surface area contributed by atoms with Crippen molar-refractivity contribution in [1.29, 1.82) is 0 Å². The topological polar surface area (TPSA) is 34.1 Å². The number of hydrogen-bond donors (Lipinski definition) is 0. The van der Waals surface area contributed by atoms with E-state index in [1.165, 1.54) is 0 Å². The molecule has 0 radical (unpaired) electrons. The fourth-order valence-electron chi connectivity index (χ4n) is 0. The molecule has 0 amide bonds. The molecule has 0 aromatic heterocycles. The fraction of sp³-hybridized carbons (Fsp3) is 0. The fourth-order valence-corrected chi connectivity index (χ4v) is 0. The van der Waals surface area contributed by atoms with Gasteiger partial charge in [-0.25, -0.2) is 0 Å². The molecule has 0 unspecified atom stereocenters. The zero-order valence-electron chi connectivity index (χ0n) is 1.67. The molecular formula is MoO2V. The standard InChI is InChI=1S/Mo.2O.V. The van der Waals surface area contributed by atoms with Gasteiger partial charge in [0.25, 0.3) is 0 Å². The van der Waals surface area contributed by atoms with Crippen molar-refractivity contribution < 1.29 is 44.2 Å². The van der Waals surface area contributed by atoms with E-state index < -0.39 is 0 Å². The summed E-state index contributed by atoms with van der Waals surface area (Å²) in [7, 11) is 0. The molecule has 0 bridgehead atoms. The van der Waals surface area contributed by atoms with Crippen LogP contribution in [0.25, 0.3) is 0 Å². The zero-order valence-corrected chi connectivity index (χ0v) is 5.08. The second-order valence-electron chi connectivity index (χ2n) is 0. The molecule has 4 heteroatoms. The van der Waals surface area contributed by atoms with Crippen LogP contribution in [0.3, 0.4) is 0 Å². The van der Waals surface area contributed by atoms with Crippen molar-refractivity contribution >= 4 is 0 Å². The molecule has 0 aliphatic rings. The summed E-state index contributed by atoms with van der Waals surface area (Å²) < 4.78 is 16.4. The summed E-state index contributed by atoms with van der Waals surface area (Å²) in [5.74, 6) is 0. The molecule has 0 aliphatic carbocycles. The maximum absolute atomic E-state index is 8.26. The third-order valence-electron chi connectivity index (χ3n) is 0. The van der Waals surface area contributed by atoms with Crippen molar-refractivity contribution in [2.75, 3.05) is 0 Å². The Morgan fingerprint density at radius 1 is 1.25 bits per heavy atom. The summed E-state index contributed by atoms with van der Waals surface area (Å²) in [5.41, 5.74) is 0. The quantitative estimate of drug-likeness (QED) is 0.480. The van der Waals surface area contributed by atoms with Crippen LogP contribution >= 0.6 is 0 Å². The van der Waals surface area contributed by atoms with Gasteiger partial charge in [-0.05, 0) is 0 Å². The van der Waals surface area contributed by atoms with Gasteiger partial charge < -0.3 is 0 Å². The molecule has 0 saturated heterocycles. The van der Waals surface area contributed by atoms with Crippen LogP contribution in [-0.4, -0.2) is 0 Å². The van der Waals surface area contributed by atoms with Crippen molar-refractivity contribution in [3.63, 3.8) is 0 Å². The van der Waals surface area contributed by atoms with Gasteiger partial charge in [-0.15, -0.1) is 0 Å². The maximum atomic E-state index is 8.26. The Balaban J connectivity index is 0. The van der Waals surface area contributed by atoms with Gasteiger partial charge in [0.1, 0.15) is 0 Å². The molecular weight excluding hydrogens is 179 g/mol. The molecule has 0 aromatic rings. The van der Waals surface area contributed by atoms with Gasteiger partial charge in [0.15, 0.2) is 0 Å². The Labute approximate surface area is 44.4 Å². The van der Waals surface area contributed by atoms with E-state index in [2.05, 4.69) is 0 Å². The molecule has 0 saturated carbocycles. The van der Waals surface area contributed by atoms with Gasteiger partial charge in [-0.2, -0.15) is 0 Å². The summed E-state index contributed by atoms with van der Waals surface area (Å²) in [4.78, 5) is 0. The summed E-state index contributed by atoms with van der Waals surface area (Å²) >= 11 is 1.76. The molecule has 0 fully saturated rings. The van der Waals surface area contributed by atoms with Crippen LogP contribution in [0.5, 0.6) is 0 Å². The second-order valence-corrected chi connectivity index (χ2v) is 0. The second kappa shape index (κ2) is 42.0. The van der Waals surface area contributed by atoms with Gasteiger partial charge in [-0.1, -0.05) is 0 Å². The van der Waals surface area contributed by atoms with E-state index in [4.69, 9.17) is 7.07 Å². The molecule has 0 N–H and O–H groups in total. The SMILES string of the molecule is [O]=[Mo].[O]=[V]. The van der Waals surface area contributed by atoms with Crippen LogP contribution in [-0.2, 0) is 44.2 Å².